The van der Waals surface area contributed by atoms with Gasteiger partial charge in [-0.1, -0.05) is 29.8 Å². The smallest absolute Gasteiger partial charge is 0.306 e. The largest absolute Gasteiger partial charge is 0.481 e. The number of thiophene rings is 1. The van der Waals surface area contributed by atoms with Crippen molar-refractivity contribution in [1.29, 1.82) is 0 Å². The van der Waals surface area contributed by atoms with Crippen LogP contribution in [-0.2, 0) is 4.79 Å². The Morgan fingerprint density at radius 2 is 2.12 bits per heavy atom. The van der Waals surface area contributed by atoms with Crippen molar-refractivity contribution < 1.29 is 9.90 Å². The highest BCUT2D eigenvalue weighted by atomic mass is 32.1. The van der Waals surface area contributed by atoms with Gasteiger partial charge in [-0.3, -0.25) is 14.6 Å². The number of carboxylic acid groups (broad SMARTS) is 1. The Morgan fingerprint density at radius 3 is 2.81 bits per heavy atom. The maximum Gasteiger partial charge on any atom is 0.306 e. The molecule has 0 radical (unpaired) electrons. The number of hydrogen-bond acceptors (Lipinski definition) is 5. The van der Waals surface area contributed by atoms with Crippen LogP contribution in [0.4, 0.5) is 5.95 Å². The van der Waals surface area contributed by atoms with E-state index < -0.39 is 5.97 Å². The summed E-state index contributed by atoms with van der Waals surface area (Å²) in [5.74, 6) is -0.537. The van der Waals surface area contributed by atoms with Gasteiger partial charge in [0.1, 0.15) is 4.70 Å². The number of aromatic amines is 1. The number of rotatable bonds is 3. The zero-order chi connectivity index (χ0) is 18.3. The molecule has 0 bridgehead atoms. The number of anilines is 1. The van der Waals surface area contributed by atoms with Crippen molar-refractivity contribution in [2.75, 3.05) is 18.0 Å². The number of benzene rings is 1. The van der Waals surface area contributed by atoms with Gasteiger partial charge >= 0.3 is 5.97 Å². The minimum Gasteiger partial charge on any atom is -0.481 e. The lowest BCUT2D eigenvalue weighted by molar-refractivity contribution is -0.142. The zero-order valence-electron chi connectivity index (χ0n) is 14.4. The topological polar surface area (TPSA) is 86.3 Å². The highest BCUT2D eigenvalue weighted by Gasteiger charge is 2.26. The number of fused-ring (bicyclic) bond motifs is 1. The van der Waals surface area contributed by atoms with Crippen molar-refractivity contribution in [2.45, 2.75) is 19.8 Å². The van der Waals surface area contributed by atoms with Crippen LogP contribution in [0.2, 0.25) is 0 Å². The van der Waals surface area contributed by atoms with Gasteiger partial charge < -0.3 is 10.0 Å². The van der Waals surface area contributed by atoms with Gasteiger partial charge in [0, 0.05) is 24.0 Å². The first-order valence-electron chi connectivity index (χ1n) is 8.59. The highest BCUT2D eigenvalue weighted by molar-refractivity contribution is 7.17. The van der Waals surface area contributed by atoms with E-state index in [9.17, 15) is 9.59 Å². The monoisotopic (exact) mass is 369 g/mol. The molecular weight excluding hydrogens is 350 g/mol. The van der Waals surface area contributed by atoms with Crippen LogP contribution in [0.3, 0.4) is 0 Å². The molecule has 1 fully saturated rings. The Hall–Kier alpha value is -2.67. The van der Waals surface area contributed by atoms with Gasteiger partial charge in [-0.15, -0.1) is 11.3 Å². The van der Waals surface area contributed by atoms with E-state index in [1.807, 2.05) is 35.4 Å². The Kier molecular flexibility index (Phi) is 4.24. The van der Waals surface area contributed by atoms with E-state index in [0.717, 1.165) is 16.7 Å². The molecule has 0 amide bonds. The van der Waals surface area contributed by atoms with E-state index in [-0.39, 0.29) is 11.5 Å². The maximum atomic E-state index is 12.5. The quantitative estimate of drug-likeness (QED) is 0.740. The number of piperidine rings is 1. The van der Waals surface area contributed by atoms with Crippen molar-refractivity contribution in [3.63, 3.8) is 0 Å². The molecule has 7 heteroatoms. The third kappa shape index (κ3) is 2.99. The average molecular weight is 369 g/mol. The van der Waals surface area contributed by atoms with Crippen LogP contribution in [0.5, 0.6) is 0 Å². The van der Waals surface area contributed by atoms with Crippen LogP contribution >= 0.6 is 11.3 Å². The number of aliphatic carboxylic acids is 1. The summed E-state index contributed by atoms with van der Waals surface area (Å²) >= 11 is 1.40. The second-order valence-electron chi connectivity index (χ2n) is 6.69. The fourth-order valence-electron chi connectivity index (χ4n) is 3.42. The lowest BCUT2D eigenvalue weighted by Crippen LogP contribution is -2.38. The van der Waals surface area contributed by atoms with Gasteiger partial charge in [0.25, 0.3) is 5.56 Å². The molecule has 0 saturated carbocycles. The Balaban J connectivity index is 1.73. The summed E-state index contributed by atoms with van der Waals surface area (Å²) in [6.45, 7) is 3.20. The summed E-state index contributed by atoms with van der Waals surface area (Å²) in [7, 11) is 0. The number of carbonyl (C=O) groups is 1. The van der Waals surface area contributed by atoms with Gasteiger partial charge in [0.05, 0.1) is 11.4 Å². The van der Waals surface area contributed by atoms with Crippen molar-refractivity contribution in [3.8, 4) is 11.1 Å². The minimum absolute atomic E-state index is 0.144. The van der Waals surface area contributed by atoms with E-state index in [2.05, 4.69) is 11.1 Å². The summed E-state index contributed by atoms with van der Waals surface area (Å²) in [5, 5.41) is 11.1. The number of carboxylic acids is 1. The summed E-state index contributed by atoms with van der Waals surface area (Å²) in [6, 6.07) is 8.15. The van der Waals surface area contributed by atoms with Crippen LogP contribution < -0.4 is 10.5 Å². The number of hydrogen-bond donors (Lipinski definition) is 2. The molecule has 4 rings (SSSR count). The number of H-pyrrole nitrogens is 1. The standard InChI is InChI=1S/C19H19N3O3S/c1-11-3-2-4-13(9-11)14-10-26-16-15(14)20-19(21-17(16)23)22-7-5-12(6-8-22)18(24)25/h2-4,9-10,12H,5-8H2,1H3,(H,24,25)(H,20,21,23). The van der Waals surface area contributed by atoms with E-state index in [0.29, 0.717) is 42.1 Å². The van der Waals surface area contributed by atoms with Gasteiger partial charge in [-0.05, 0) is 25.3 Å². The van der Waals surface area contributed by atoms with Gasteiger partial charge in [-0.25, -0.2) is 4.98 Å². The third-order valence-electron chi connectivity index (χ3n) is 4.89. The number of nitrogens with zero attached hydrogens (tertiary/aromatic N) is 2. The second-order valence-corrected chi connectivity index (χ2v) is 7.57. The Morgan fingerprint density at radius 1 is 1.35 bits per heavy atom. The molecule has 0 aliphatic carbocycles. The van der Waals surface area contributed by atoms with Gasteiger partial charge in [-0.2, -0.15) is 0 Å². The zero-order valence-corrected chi connectivity index (χ0v) is 15.2. The van der Waals surface area contributed by atoms with Gasteiger partial charge in [0.2, 0.25) is 5.95 Å². The van der Waals surface area contributed by atoms with E-state index >= 15 is 0 Å². The predicted molar refractivity (Wildman–Crippen MR) is 103 cm³/mol. The van der Waals surface area contributed by atoms with E-state index in [4.69, 9.17) is 10.1 Å². The lowest BCUT2D eigenvalue weighted by Gasteiger charge is -2.30. The Labute approximate surface area is 154 Å². The number of aromatic nitrogens is 2. The molecule has 26 heavy (non-hydrogen) atoms. The maximum absolute atomic E-state index is 12.5. The first-order chi connectivity index (χ1) is 12.5. The molecule has 1 aliphatic heterocycles. The van der Waals surface area contributed by atoms with E-state index in [1.54, 1.807) is 0 Å². The molecule has 2 aromatic heterocycles. The van der Waals surface area contributed by atoms with Crippen LogP contribution in [-0.4, -0.2) is 34.1 Å². The molecule has 6 nitrogen and oxygen atoms in total. The Bertz CT molecular complexity index is 1030. The molecule has 1 saturated heterocycles. The van der Waals surface area contributed by atoms with Crippen molar-refractivity contribution in [2.24, 2.45) is 5.92 Å². The summed E-state index contributed by atoms with van der Waals surface area (Å²) in [6.07, 6.45) is 1.12. The second kappa shape index (κ2) is 6.57. The lowest BCUT2D eigenvalue weighted by atomic mass is 9.97. The van der Waals surface area contributed by atoms with Crippen LogP contribution in [0.15, 0.2) is 34.4 Å². The van der Waals surface area contributed by atoms with Crippen molar-refractivity contribution >= 4 is 33.5 Å². The number of nitrogens with one attached hydrogen (secondary N) is 1. The van der Waals surface area contributed by atoms with Crippen LogP contribution in [0.1, 0.15) is 18.4 Å². The van der Waals surface area contributed by atoms with E-state index in [1.165, 1.54) is 11.3 Å². The summed E-state index contributed by atoms with van der Waals surface area (Å²) in [5.41, 5.74) is 3.72. The molecule has 134 valence electrons. The minimum atomic E-state index is -0.749. The molecule has 0 spiro atoms. The summed E-state index contributed by atoms with van der Waals surface area (Å²) < 4.78 is 0.616. The fraction of sp³-hybridized carbons (Fsp3) is 0.316. The average Bonchev–Trinajstić information content (AvgIpc) is 3.06. The van der Waals surface area contributed by atoms with Crippen LogP contribution in [0.25, 0.3) is 21.3 Å². The fourth-order valence-corrected chi connectivity index (χ4v) is 4.33. The highest BCUT2D eigenvalue weighted by Crippen LogP contribution is 2.32. The van der Waals surface area contributed by atoms with Crippen LogP contribution in [0, 0.1) is 12.8 Å². The molecule has 1 aliphatic rings. The number of aryl methyl sites for hydroxylation is 1. The summed E-state index contributed by atoms with van der Waals surface area (Å²) in [4.78, 5) is 33.2. The van der Waals surface area contributed by atoms with Crippen molar-refractivity contribution in [1.82, 2.24) is 9.97 Å². The van der Waals surface area contributed by atoms with Gasteiger partial charge in [0.15, 0.2) is 0 Å². The normalized spacial score (nSPS) is 15.5. The SMILES string of the molecule is Cc1cccc(-c2csc3c(=O)[nH]c(N4CCC(C(=O)O)CC4)nc23)c1. The van der Waals surface area contributed by atoms with Crippen molar-refractivity contribution in [3.05, 3.63) is 45.6 Å². The molecule has 1 aromatic carbocycles. The molecule has 0 atom stereocenters. The molecular formula is C19H19N3O3S. The molecule has 3 aromatic rings. The predicted octanol–water partition coefficient (Wildman–Crippen LogP) is 3.26. The first-order valence-corrected chi connectivity index (χ1v) is 9.47. The third-order valence-corrected chi connectivity index (χ3v) is 5.85. The first kappa shape index (κ1) is 16.8. The molecule has 0 unspecified atom stereocenters. The molecule has 2 N–H and O–H groups in total. The molecule has 3 heterocycles.